The Morgan fingerprint density at radius 1 is 1.75 bits per heavy atom. The SMILES string of the molecule is NCC(CC(=O)O)c1ccoc1. The van der Waals surface area contributed by atoms with Crippen molar-refractivity contribution in [1.82, 2.24) is 0 Å². The van der Waals surface area contributed by atoms with E-state index in [1.165, 1.54) is 12.5 Å². The van der Waals surface area contributed by atoms with Crippen LogP contribution in [0.2, 0.25) is 0 Å². The van der Waals surface area contributed by atoms with E-state index in [1.54, 1.807) is 6.07 Å². The zero-order valence-corrected chi connectivity index (χ0v) is 6.56. The van der Waals surface area contributed by atoms with Crippen LogP contribution in [0.5, 0.6) is 0 Å². The van der Waals surface area contributed by atoms with Crippen LogP contribution in [0.1, 0.15) is 17.9 Å². The molecule has 0 aliphatic heterocycles. The van der Waals surface area contributed by atoms with Gasteiger partial charge in [0.1, 0.15) is 0 Å². The first-order valence-corrected chi connectivity index (χ1v) is 3.68. The maximum absolute atomic E-state index is 10.4. The van der Waals surface area contributed by atoms with Gasteiger partial charge in [0.05, 0.1) is 18.9 Å². The van der Waals surface area contributed by atoms with Crippen LogP contribution < -0.4 is 5.73 Å². The van der Waals surface area contributed by atoms with E-state index >= 15 is 0 Å². The van der Waals surface area contributed by atoms with Crippen LogP contribution >= 0.6 is 0 Å². The lowest BCUT2D eigenvalue weighted by atomic mass is 9.99. The summed E-state index contributed by atoms with van der Waals surface area (Å²) in [5.74, 6) is -0.979. The van der Waals surface area contributed by atoms with Crippen molar-refractivity contribution in [3.8, 4) is 0 Å². The third-order valence-electron chi connectivity index (χ3n) is 1.72. The molecule has 0 spiro atoms. The fraction of sp³-hybridized carbons (Fsp3) is 0.375. The standard InChI is InChI=1S/C8H11NO3/c9-4-7(3-8(10)11)6-1-2-12-5-6/h1-2,5,7H,3-4,9H2,(H,10,11). The molecule has 0 bridgehead atoms. The Morgan fingerprint density at radius 2 is 2.50 bits per heavy atom. The van der Waals surface area contributed by atoms with Gasteiger partial charge in [-0.3, -0.25) is 4.79 Å². The second-order valence-corrected chi connectivity index (χ2v) is 2.59. The maximum Gasteiger partial charge on any atom is 0.304 e. The van der Waals surface area contributed by atoms with Crippen molar-refractivity contribution in [2.75, 3.05) is 6.54 Å². The van der Waals surface area contributed by atoms with Crippen LogP contribution in [0, 0.1) is 0 Å². The molecule has 0 radical (unpaired) electrons. The molecule has 0 saturated heterocycles. The molecule has 3 N–H and O–H groups in total. The summed E-state index contributed by atoms with van der Waals surface area (Å²) in [6.07, 6.45) is 3.09. The highest BCUT2D eigenvalue weighted by atomic mass is 16.4. The number of carbonyl (C=O) groups is 1. The van der Waals surface area contributed by atoms with Crippen molar-refractivity contribution in [1.29, 1.82) is 0 Å². The summed E-state index contributed by atoms with van der Waals surface area (Å²) in [5, 5.41) is 8.53. The van der Waals surface area contributed by atoms with Crippen molar-refractivity contribution in [2.45, 2.75) is 12.3 Å². The molecular weight excluding hydrogens is 158 g/mol. The third kappa shape index (κ3) is 2.10. The van der Waals surface area contributed by atoms with E-state index in [0.717, 1.165) is 5.56 Å². The second-order valence-electron chi connectivity index (χ2n) is 2.59. The minimum absolute atomic E-state index is 0.0516. The van der Waals surface area contributed by atoms with E-state index in [-0.39, 0.29) is 12.3 Å². The molecule has 1 heterocycles. The smallest absolute Gasteiger partial charge is 0.304 e. The number of aliphatic carboxylic acids is 1. The molecule has 66 valence electrons. The molecule has 0 fully saturated rings. The Bertz CT molecular complexity index is 243. The van der Waals surface area contributed by atoms with Crippen molar-refractivity contribution in [2.24, 2.45) is 5.73 Å². The quantitative estimate of drug-likeness (QED) is 0.698. The summed E-state index contributed by atoms with van der Waals surface area (Å²) in [6, 6.07) is 1.74. The largest absolute Gasteiger partial charge is 0.481 e. The minimum atomic E-state index is -0.841. The van der Waals surface area contributed by atoms with Crippen molar-refractivity contribution in [3.63, 3.8) is 0 Å². The topological polar surface area (TPSA) is 76.5 Å². The Balaban J connectivity index is 2.63. The van der Waals surface area contributed by atoms with Crippen LogP contribution in [0.15, 0.2) is 23.0 Å². The van der Waals surface area contributed by atoms with Crippen molar-refractivity contribution >= 4 is 5.97 Å². The second kappa shape index (κ2) is 3.92. The molecule has 0 amide bonds. The van der Waals surface area contributed by atoms with Gasteiger partial charge in [0.2, 0.25) is 0 Å². The average molecular weight is 169 g/mol. The Kier molecular flexibility index (Phi) is 2.88. The van der Waals surface area contributed by atoms with Crippen molar-refractivity contribution in [3.05, 3.63) is 24.2 Å². The van der Waals surface area contributed by atoms with Gasteiger partial charge in [-0.05, 0) is 18.2 Å². The lowest BCUT2D eigenvalue weighted by Crippen LogP contribution is -2.15. The van der Waals surface area contributed by atoms with Crippen LogP contribution in [0.4, 0.5) is 0 Å². The first-order chi connectivity index (χ1) is 5.74. The molecular formula is C8H11NO3. The van der Waals surface area contributed by atoms with Gasteiger partial charge < -0.3 is 15.3 Å². The summed E-state index contributed by atoms with van der Waals surface area (Å²) < 4.78 is 4.83. The van der Waals surface area contributed by atoms with Gasteiger partial charge in [0, 0.05) is 5.92 Å². The van der Waals surface area contributed by atoms with E-state index in [1.807, 2.05) is 0 Å². The van der Waals surface area contributed by atoms with E-state index in [0.29, 0.717) is 6.54 Å². The van der Waals surface area contributed by atoms with Crippen LogP contribution in [0.25, 0.3) is 0 Å². The van der Waals surface area contributed by atoms with Crippen LogP contribution in [-0.2, 0) is 4.79 Å². The molecule has 12 heavy (non-hydrogen) atoms. The average Bonchev–Trinajstić information content (AvgIpc) is 2.51. The number of hydrogen-bond donors (Lipinski definition) is 2. The van der Waals surface area contributed by atoms with Gasteiger partial charge in [-0.2, -0.15) is 0 Å². The Hall–Kier alpha value is -1.29. The molecule has 1 aromatic heterocycles. The van der Waals surface area contributed by atoms with E-state index in [9.17, 15) is 4.79 Å². The third-order valence-corrected chi connectivity index (χ3v) is 1.72. The molecule has 4 heteroatoms. The molecule has 0 saturated carbocycles. The van der Waals surface area contributed by atoms with Gasteiger partial charge in [-0.25, -0.2) is 0 Å². The first-order valence-electron chi connectivity index (χ1n) is 3.68. The predicted octanol–water partition coefficient (Wildman–Crippen LogP) is 0.797. The van der Waals surface area contributed by atoms with Gasteiger partial charge in [-0.15, -0.1) is 0 Å². The Morgan fingerprint density at radius 3 is 2.92 bits per heavy atom. The maximum atomic E-state index is 10.4. The molecule has 0 aromatic carbocycles. The normalized spacial score (nSPS) is 12.8. The summed E-state index contributed by atoms with van der Waals surface area (Å²) in [6.45, 7) is 0.325. The lowest BCUT2D eigenvalue weighted by Gasteiger charge is -2.08. The highest BCUT2D eigenvalue weighted by Gasteiger charge is 2.14. The monoisotopic (exact) mass is 169 g/mol. The molecule has 1 rings (SSSR count). The number of carboxylic acids is 1. The van der Waals surface area contributed by atoms with E-state index in [2.05, 4.69) is 0 Å². The zero-order chi connectivity index (χ0) is 8.97. The zero-order valence-electron chi connectivity index (χ0n) is 6.56. The number of nitrogens with two attached hydrogens (primary N) is 1. The van der Waals surface area contributed by atoms with Crippen LogP contribution in [0.3, 0.4) is 0 Å². The van der Waals surface area contributed by atoms with Gasteiger partial charge in [0.15, 0.2) is 0 Å². The first kappa shape index (κ1) is 8.80. The van der Waals surface area contributed by atoms with Gasteiger partial charge in [-0.1, -0.05) is 0 Å². The fourth-order valence-corrected chi connectivity index (χ4v) is 1.06. The molecule has 0 aliphatic rings. The number of carboxylic acid groups (broad SMARTS) is 1. The highest BCUT2D eigenvalue weighted by molar-refractivity contribution is 5.68. The van der Waals surface area contributed by atoms with E-state index < -0.39 is 5.97 Å². The molecule has 1 aromatic rings. The summed E-state index contributed by atoms with van der Waals surface area (Å²) in [7, 11) is 0. The molecule has 0 aliphatic carbocycles. The number of rotatable bonds is 4. The van der Waals surface area contributed by atoms with E-state index in [4.69, 9.17) is 15.3 Å². The van der Waals surface area contributed by atoms with Crippen molar-refractivity contribution < 1.29 is 14.3 Å². The summed E-state index contributed by atoms with van der Waals surface area (Å²) in [4.78, 5) is 10.4. The van der Waals surface area contributed by atoms with Crippen LogP contribution in [-0.4, -0.2) is 17.6 Å². The molecule has 1 atom stereocenters. The summed E-state index contributed by atoms with van der Waals surface area (Å²) >= 11 is 0. The Labute approximate surface area is 70.0 Å². The number of hydrogen-bond acceptors (Lipinski definition) is 3. The lowest BCUT2D eigenvalue weighted by molar-refractivity contribution is -0.137. The highest BCUT2D eigenvalue weighted by Crippen LogP contribution is 2.18. The van der Waals surface area contributed by atoms with Gasteiger partial charge in [0.25, 0.3) is 0 Å². The molecule has 1 unspecified atom stereocenters. The number of furan rings is 1. The summed E-state index contributed by atoms with van der Waals surface area (Å²) in [5.41, 5.74) is 6.25. The molecule has 4 nitrogen and oxygen atoms in total. The van der Waals surface area contributed by atoms with Gasteiger partial charge >= 0.3 is 5.97 Å². The fourth-order valence-electron chi connectivity index (χ4n) is 1.06. The predicted molar refractivity (Wildman–Crippen MR) is 42.8 cm³/mol. The minimum Gasteiger partial charge on any atom is -0.481 e.